The molecular weight excluding hydrogens is 1010 g/mol. The first-order chi connectivity index (χ1) is 38.2. The molecule has 2 aromatic rings. The summed E-state index contributed by atoms with van der Waals surface area (Å²) in [4.78, 5) is 79.7. The second kappa shape index (κ2) is 29.5. The van der Waals surface area contributed by atoms with Crippen LogP contribution in [-0.2, 0) is 41.6 Å². The van der Waals surface area contributed by atoms with Crippen molar-refractivity contribution in [3.8, 4) is 23.0 Å². The first kappa shape index (κ1) is 64.4. The quantitative estimate of drug-likeness (QED) is 0.0791. The second-order valence-electron chi connectivity index (χ2n) is 24.4. The fourth-order valence-corrected chi connectivity index (χ4v) is 14.5. The van der Waals surface area contributed by atoms with Gasteiger partial charge in [0.2, 0.25) is 17.7 Å². The number of hydrogen-bond acceptors (Lipinski definition) is 13. The molecule has 0 spiro atoms. The molecule has 0 aromatic heterocycles. The Hall–Kier alpha value is -4.77. The number of methoxy groups -OCH3 is 5. The molecule has 2 saturated heterocycles. The van der Waals surface area contributed by atoms with Crippen molar-refractivity contribution in [2.75, 3.05) is 82.4 Å². The largest absolute Gasteiger partial charge is 0.493 e. The third-order valence-corrected chi connectivity index (χ3v) is 19.3. The van der Waals surface area contributed by atoms with E-state index in [0.717, 1.165) is 74.2 Å². The molecule has 4 heterocycles. The number of nitrogens with zero attached hydrogens (tertiary/aromatic N) is 4. The fourth-order valence-electron chi connectivity index (χ4n) is 14.5. The van der Waals surface area contributed by atoms with E-state index in [-0.39, 0.29) is 103 Å². The van der Waals surface area contributed by atoms with Crippen LogP contribution in [0.25, 0.3) is 0 Å². The Morgan fingerprint density at radius 3 is 1.91 bits per heavy atom. The Labute approximate surface area is 479 Å². The lowest BCUT2D eigenvalue weighted by atomic mass is 9.72. The number of carbonyl (C=O) groups is 5. The molecule has 6 rings (SSSR count). The molecule has 448 valence electrons. The first-order valence-corrected chi connectivity index (χ1v) is 30.2. The van der Waals surface area contributed by atoms with Crippen LogP contribution in [0.4, 0.5) is 0 Å². The number of rotatable bonds is 29. The molecule has 0 aliphatic carbocycles. The van der Waals surface area contributed by atoms with Gasteiger partial charge in [0.25, 0.3) is 0 Å². The smallest absolute Gasteiger partial charge is 0.226 e. The van der Waals surface area contributed by atoms with E-state index in [1.165, 1.54) is 11.1 Å². The van der Waals surface area contributed by atoms with Gasteiger partial charge in [-0.15, -0.1) is 0 Å². The molecule has 0 radical (unpaired) electrons. The zero-order chi connectivity index (χ0) is 58.7. The van der Waals surface area contributed by atoms with Crippen LogP contribution >= 0.6 is 0 Å². The summed E-state index contributed by atoms with van der Waals surface area (Å²) in [5.41, 5.74) is 4.84. The van der Waals surface area contributed by atoms with Gasteiger partial charge >= 0.3 is 0 Å². The van der Waals surface area contributed by atoms with Crippen LogP contribution in [0.5, 0.6) is 23.0 Å². The minimum Gasteiger partial charge on any atom is -0.493 e. The Morgan fingerprint density at radius 1 is 0.738 bits per heavy atom. The maximum absolute atomic E-state index is 14.7. The number of Topliss-reactive ketones (excluding diaryl/α,β-unsaturated/α-hetero) is 2. The van der Waals surface area contributed by atoms with Gasteiger partial charge in [0.15, 0.2) is 28.8 Å². The average molecular weight is 1120 g/mol. The maximum Gasteiger partial charge on any atom is 0.226 e. The monoisotopic (exact) mass is 1120 g/mol. The lowest BCUT2D eigenvalue weighted by Gasteiger charge is -2.49. The molecule has 80 heavy (non-hydrogen) atoms. The molecule has 0 bridgehead atoms. The summed E-state index contributed by atoms with van der Waals surface area (Å²) in [7, 11) is 11.8. The van der Waals surface area contributed by atoms with Crippen molar-refractivity contribution >= 4 is 29.3 Å². The van der Waals surface area contributed by atoms with Crippen molar-refractivity contribution in [2.24, 2.45) is 47.3 Å². The van der Waals surface area contributed by atoms with E-state index in [9.17, 15) is 29.1 Å². The van der Waals surface area contributed by atoms with Crippen molar-refractivity contribution in [1.29, 1.82) is 0 Å². The van der Waals surface area contributed by atoms with Crippen LogP contribution in [0.3, 0.4) is 0 Å². The molecule has 3 amide bonds. The predicted octanol–water partition coefficient (Wildman–Crippen LogP) is 8.91. The fraction of sp³-hybridized carbons (Fsp3) is 0.734. The van der Waals surface area contributed by atoms with Gasteiger partial charge < -0.3 is 48.8 Å². The second-order valence-corrected chi connectivity index (χ2v) is 24.4. The topological polar surface area (TPSA) is 177 Å². The summed E-state index contributed by atoms with van der Waals surface area (Å²) >= 11 is 0. The van der Waals surface area contributed by atoms with E-state index >= 15 is 0 Å². The van der Waals surface area contributed by atoms with E-state index in [0.29, 0.717) is 55.7 Å². The molecule has 4 aliphatic heterocycles. The molecule has 2 fully saturated rings. The maximum atomic E-state index is 14.7. The molecule has 2 unspecified atom stereocenters. The molecule has 16 nitrogen and oxygen atoms in total. The zero-order valence-electron chi connectivity index (χ0n) is 51.4. The number of likely N-dealkylation sites (N-methyl/N-ethyl adjacent to an activating group) is 1. The van der Waals surface area contributed by atoms with Gasteiger partial charge in [-0.3, -0.25) is 28.9 Å². The number of amides is 3. The highest BCUT2D eigenvalue weighted by atomic mass is 16.5. The molecular formula is C64H101N5O11. The number of piperidine rings is 1. The van der Waals surface area contributed by atoms with Crippen LogP contribution in [0.15, 0.2) is 24.3 Å². The predicted molar refractivity (Wildman–Crippen MR) is 312 cm³/mol. The molecule has 2 aromatic carbocycles. The number of ketones is 2. The van der Waals surface area contributed by atoms with Gasteiger partial charge in [-0.05, 0) is 128 Å². The Morgan fingerprint density at radius 2 is 1.35 bits per heavy atom. The number of fused-ring (bicyclic) bond motifs is 4. The van der Waals surface area contributed by atoms with Crippen molar-refractivity contribution < 1.29 is 52.8 Å². The molecule has 0 saturated carbocycles. The molecule has 12 atom stereocenters. The summed E-state index contributed by atoms with van der Waals surface area (Å²) in [6.45, 7) is 18.9. The van der Waals surface area contributed by atoms with E-state index in [1.54, 1.807) is 54.5 Å². The lowest BCUT2D eigenvalue weighted by Crippen LogP contribution is -2.52. The number of hydrogen-bond donors (Lipinski definition) is 2. The lowest BCUT2D eigenvalue weighted by molar-refractivity contribution is -0.146. The number of likely N-dealkylation sites (tertiary alicyclic amines) is 1. The van der Waals surface area contributed by atoms with Crippen LogP contribution in [0.2, 0.25) is 0 Å². The van der Waals surface area contributed by atoms with Crippen LogP contribution < -0.4 is 24.3 Å². The third-order valence-electron chi connectivity index (χ3n) is 19.3. The normalized spacial score (nSPS) is 22.8. The highest BCUT2D eigenvalue weighted by Gasteiger charge is 2.45. The molecule has 4 aliphatic rings. The summed E-state index contributed by atoms with van der Waals surface area (Å²) in [5, 5.41) is 14.1. The number of aliphatic hydroxyl groups excluding tert-OH is 1. The highest BCUT2D eigenvalue weighted by Crippen LogP contribution is 2.50. The number of aliphatic hydroxyl groups is 1. The molecule has 16 heteroatoms. The van der Waals surface area contributed by atoms with Crippen molar-refractivity contribution in [2.45, 2.75) is 175 Å². The standard InChI is InChI=1S/C64H101N5O11/c1-16-40(7)62(66(10)64(75)47(38(3)4)33-54(72)61(65-9)39(5)6)46(37-70)32-60(74)68-25-19-20-50(68)63(80-15)41(8)53(71)21-18-22-59(73)69-27-24-44-31-56(77-12)58(79-14)35-49(44)52(69)29-45-28-51-48-34-57(78-13)55(76-11)30-43(48)23-26-67(51)36-42(45)17-2/h30-31,34-35,38-42,45-47,50-52,61-63,65,70H,16-29,32-33,36-37H2,1-15H3/t40-,41-,42-,45+,46-,47-,50?,51?,52+,61-,62-,63+/m0/s1. The third kappa shape index (κ3) is 14.3. The van der Waals surface area contributed by atoms with E-state index in [2.05, 4.69) is 46.3 Å². The Kier molecular flexibility index (Phi) is 23.7. The summed E-state index contributed by atoms with van der Waals surface area (Å²) in [6.07, 6.45) is 6.88. The number of ether oxygens (including phenoxy) is 5. The summed E-state index contributed by atoms with van der Waals surface area (Å²) in [5.74, 6) is 1.53. The van der Waals surface area contributed by atoms with Gasteiger partial charge in [-0.25, -0.2) is 0 Å². The van der Waals surface area contributed by atoms with Crippen LogP contribution in [0, 0.1) is 47.3 Å². The van der Waals surface area contributed by atoms with Crippen molar-refractivity contribution in [3.63, 3.8) is 0 Å². The van der Waals surface area contributed by atoms with E-state index < -0.39 is 29.9 Å². The van der Waals surface area contributed by atoms with Gasteiger partial charge in [0, 0.05) is 102 Å². The molecule has 2 N–H and O–H groups in total. The number of benzene rings is 2. The first-order valence-electron chi connectivity index (χ1n) is 30.2. The number of nitrogens with one attached hydrogen (secondary N) is 1. The number of carbonyl (C=O) groups excluding carboxylic acids is 5. The SMILES string of the molecule is CC[C@H]1CN2CCc3cc(OC)c(OC)cc3C2C[C@@H]1C[C@@H]1c2cc(OC)c(OC)cc2CCN1C(=O)CCCC(=O)[C@H](C)[C@@H](OC)C1CCCN1C(=O)C[C@@H](CO)[C@H]([C@@H](C)CC)N(C)C(=O)[C@@H](CC(=O)[C@@H](NC)C(C)C)C(C)C. The summed E-state index contributed by atoms with van der Waals surface area (Å²) < 4.78 is 29.3. The van der Waals surface area contributed by atoms with Gasteiger partial charge in [0.1, 0.15) is 5.78 Å². The minimum absolute atomic E-state index is 0.00469. The average Bonchev–Trinajstić information content (AvgIpc) is 3.98. The van der Waals surface area contributed by atoms with Crippen molar-refractivity contribution in [3.05, 3.63) is 46.5 Å². The Balaban J connectivity index is 1.14. The Bertz CT molecular complexity index is 2410. The van der Waals surface area contributed by atoms with Gasteiger partial charge in [0.05, 0.1) is 52.7 Å². The van der Waals surface area contributed by atoms with Crippen molar-refractivity contribution in [1.82, 2.24) is 24.9 Å². The van der Waals surface area contributed by atoms with Crippen LogP contribution in [-0.4, -0.2) is 161 Å². The van der Waals surface area contributed by atoms with Gasteiger partial charge in [-0.1, -0.05) is 68.2 Å². The zero-order valence-corrected chi connectivity index (χ0v) is 51.4. The minimum atomic E-state index is -0.574. The van der Waals surface area contributed by atoms with Crippen LogP contribution in [0.1, 0.15) is 160 Å². The van der Waals surface area contributed by atoms with E-state index in [1.807, 2.05) is 53.4 Å². The highest BCUT2D eigenvalue weighted by molar-refractivity contribution is 5.90. The van der Waals surface area contributed by atoms with E-state index in [4.69, 9.17) is 23.7 Å². The summed E-state index contributed by atoms with van der Waals surface area (Å²) in [6, 6.07) is 7.31. The van der Waals surface area contributed by atoms with Gasteiger partial charge in [-0.2, -0.15) is 0 Å².